The van der Waals surface area contributed by atoms with E-state index in [0.717, 1.165) is 22.6 Å². The SMILES string of the molecule is CN(C)c1ccc(Cn2nccc2NC(=O)CN2C(=O)C3C4C=CC(C4)C3C2=O)cc1. The normalized spacial score (nSPS) is 25.9. The topological polar surface area (TPSA) is 87.5 Å². The minimum Gasteiger partial charge on any atom is -0.378 e. The highest BCUT2D eigenvalue weighted by Crippen LogP contribution is 2.52. The van der Waals surface area contributed by atoms with Gasteiger partial charge in [0.15, 0.2) is 0 Å². The number of carbonyl (C=O) groups is 3. The highest BCUT2D eigenvalue weighted by Gasteiger charge is 2.59. The first-order valence-electron chi connectivity index (χ1n) is 10.5. The molecule has 2 fully saturated rings. The second-order valence-corrected chi connectivity index (χ2v) is 8.75. The standard InChI is InChI=1S/C23H25N5O3/c1-26(2)17-7-3-14(4-8-17)12-28-18(9-10-24-28)25-19(29)13-27-22(30)20-15-5-6-16(11-15)21(20)23(27)31/h3-10,15-16,20-21H,11-13H2,1-2H3,(H,25,29). The summed E-state index contributed by atoms with van der Waals surface area (Å²) < 4.78 is 1.69. The fourth-order valence-electron chi connectivity index (χ4n) is 5.08. The van der Waals surface area contributed by atoms with Crippen molar-refractivity contribution in [3.63, 3.8) is 0 Å². The highest BCUT2D eigenvalue weighted by molar-refractivity contribution is 6.09. The molecular weight excluding hydrogens is 394 g/mol. The lowest BCUT2D eigenvalue weighted by molar-refractivity contribution is -0.143. The van der Waals surface area contributed by atoms with Gasteiger partial charge in [0.1, 0.15) is 12.4 Å². The molecule has 0 spiro atoms. The summed E-state index contributed by atoms with van der Waals surface area (Å²) in [6, 6.07) is 9.80. The van der Waals surface area contributed by atoms with E-state index in [0.29, 0.717) is 12.4 Å². The van der Waals surface area contributed by atoms with Crippen molar-refractivity contribution in [2.45, 2.75) is 13.0 Å². The fraction of sp³-hybridized carbons (Fsp3) is 0.391. The molecule has 1 aromatic heterocycles. The van der Waals surface area contributed by atoms with Crippen molar-refractivity contribution in [2.75, 3.05) is 30.9 Å². The Morgan fingerprint density at radius 3 is 2.32 bits per heavy atom. The first-order valence-corrected chi connectivity index (χ1v) is 10.5. The minimum absolute atomic E-state index is 0.139. The number of rotatable bonds is 6. The molecule has 4 unspecified atom stereocenters. The van der Waals surface area contributed by atoms with Gasteiger partial charge in [-0.1, -0.05) is 24.3 Å². The van der Waals surface area contributed by atoms with E-state index in [-0.39, 0.29) is 42.0 Å². The largest absolute Gasteiger partial charge is 0.378 e. The van der Waals surface area contributed by atoms with E-state index in [1.54, 1.807) is 16.9 Å². The predicted octanol–water partition coefficient (Wildman–Crippen LogP) is 1.74. The molecular formula is C23H25N5O3. The van der Waals surface area contributed by atoms with Crippen molar-refractivity contribution in [1.29, 1.82) is 0 Å². The Hall–Kier alpha value is -3.42. The third-order valence-electron chi connectivity index (χ3n) is 6.63. The monoisotopic (exact) mass is 419 g/mol. The molecule has 160 valence electrons. The number of benzene rings is 1. The highest BCUT2D eigenvalue weighted by atomic mass is 16.2. The van der Waals surface area contributed by atoms with Gasteiger partial charge in [-0.3, -0.25) is 19.3 Å². The molecule has 31 heavy (non-hydrogen) atoms. The van der Waals surface area contributed by atoms with E-state index in [1.807, 2.05) is 55.4 Å². The van der Waals surface area contributed by atoms with Gasteiger partial charge in [0.05, 0.1) is 24.6 Å². The van der Waals surface area contributed by atoms with Crippen LogP contribution in [0.5, 0.6) is 0 Å². The maximum atomic E-state index is 12.8. The van der Waals surface area contributed by atoms with E-state index in [1.165, 1.54) is 0 Å². The van der Waals surface area contributed by atoms with Crippen LogP contribution < -0.4 is 10.2 Å². The lowest BCUT2D eigenvalue weighted by Gasteiger charge is -2.17. The average Bonchev–Trinajstić information content (AvgIpc) is 3.51. The summed E-state index contributed by atoms with van der Waals surface area (Å²) in [6.45, 7) is 0.240. The Morgan fingerprint density at radius 2 is 1.71 bits per heavy atom. The van der Waals surface area contributed by atoms with Crippen LogP contribution in [0.15, 0.2) is 48.7 Å². The van der Waals surface area contributed by atoms with Crippen LogP contribution >= 0.6 is 0 Å². The summed E-state index contributed by atoms with van der Waals surface area (Å²) in [5.74, 6) is -0.584. The van der Waals surface area contributed by atoms with Crippen LogP contribution in [0.1, 0.15) is 12.0 Å². The van der Waals surface area contributed by atoms with Gasteiger partial charge in [0.25, 0.3) is 0 Å². The number of anilines is 2. The molecule has 5 rings (SSSR count). The minimum atomic E-state index is -0.397. The molecule has 4 atom stereocenters. The number of carbonyl (C=O) groups excluding carboxylic acids is 3. The molecule has 8 nitrogen and oxygen atoms in total. The van der Waals surface area contributed by atoms with E-state index in [4.69, 9.17) is 0 Å². The van der Waals surface area contributed by atoms with Crippen molar-refractivity contribution in [3.8, 4) is 0 Å². The number of aromatic nitrogens is 2. The zero-order valence-electron chi connectivity index (χ0n) is 17.6. The molecule has 1 saturated heterocycles. The van der Waals surface area contributed by atoms with Gasteiger partial charge < -0.3 is 10.2 Å². The number of hydrogen-bond acceptors (Lipinski definition) is 5. The number of amides is 3. The molecule has 8 heteroatoms. The molecule has 1 aliphatic heterocycles. The average molecular weight is 419 g/mol. The summed E-state index contributed by atoms with van der Waals surface area (Å²) in [7, 11) is 3.97. The van der Waals surface area contributed by atoms with E-state index >= 15 is 0 Å². The number of nitrogens with zero attached hydrogens (tertiary/aromatic N) is 4. The molecule has 3 aliphatic rings. The maximum absolute atomic E-state index is 12.8. The van der Waals surface area contributed by atoms with Crippen molar-refractivity contribution >= 4 is 29.2 Å². The molecule has 2 aromatic rings. The molecule has 1 N–H and O–H groups in total. The van der Waals surface area contributed by atoms with Gasteiger partial charge in [0.2, 0.25) is 17.7 Å². The van der Waals surface area contributed by atoms with Crippen LogP contribution in [0, 0.1) is 23.7 Å². The van der Waals surface area contributed by atoms with Gasteiger partial charge in [-0.05, 0) is 36.0 Å². The number of imide groups is 1. The maximum Gasteiger partial charge on any atom is 0.245 e. The van der Waals surface area contributed by atoms with Gasteiger partial charge >= 0.3 is 0 Å². The predicted molar refractivity (Wildman–Crippen MR) is 115 cm³/mol. The van der Waals surface area contributed by atoms with Crippen molar-refractivity contribution in [1.82, 2.24) is 14.7 Å². The quantitative estimate of drug-likeness (QED) is 0.569. The Bertz CT molecular complexity index is 1040. The van der Waals surface area contributed by atoms with E-state index in [9.17, 15) is 14.4 Å². The first kappa shape index (κ1) is 19.5. The van der Waals surface area contributed by atoms with Gasteiger partial charge in [-0.25, -0.2) is 4.68 Å². The summed E-state index contributed by atoms with van der Waals surface area (Å²) in [4.78, 5) is 41.4. The number of fused-ring (bicyclic) bond motifs is 5. The van der Waals surface area contributed by atoms with Crippen LogP contribution in [-0.2, 0) is 20.9 Å². The van der Waals surface area contributed by atoms with Crippen molar-refractivity contribution in [2.24, 2.45) is 23.7 Å². The third kappa shape index (κ3) is 3.32. The number of hydrogen-bond donors (Lipinski definition) is 1. The van der Waals surface area contributed by atoms with Crippen LogP contribution in [0.4, 0.5) is 11.5 Å². The smallest absolute Gasteiger partial charge is 0.245 e. The lowest BCUT2D eigenvalue weighted by Crippen LogP contribution is -2.39. The van der Waals surface area contributed by atoms with Crippen molar-refractivity contribution < 1.29 is 14.4 Å². The summed E-state index contributed by atoms with van der Waals surface area (Å²) in [5.41, 5.74) is 2.15. The Labute approximate surface area is 180 Å². The van der Waals surface area contributed by atoms with Crippen LogP contribution in [0.25, 0.3) is 0 Å². The molecule has 3 amide bonds. The second-order valence-electron chi connectivity index (χ2n) is 8.75. The van der Waals surface area contributed by atoms with Crippen molar-refractivity contribution in [3.05, 3.63) is 54.2 Å². The van der Waals surface area contributed by atoms with Crippen LogP contribution in [-0.4, -0.2) is 53.0 Å². The van der Waals surface area contributed by atoms with Gasteiger partial charge in [-0.15, -0.1) is 0 Å². The Balaban J connectivity index is 1.23. The zero-order valence-corrected chi connectivity index (χ0v) is 17.6. The number of nitrogens with one attached hydrogen (secondary N) is 1. The van der Waals surface area contributed by atoms with Crippen LogP contribution in [0.3, 0.4) is 0 Å². The summed E-state index contributed by atoms with van der Waals surface area (Å²) in [5, 5.41) is 7.10. The molecule has 2 bridgehead atoms. The Morgan fingerprint density at radius 1 is 1.06 bits per heavy atom. The van der Waals surface area contributed by atoms with Gasteiger partial charge in [0, 0.05) is 25.8 Å². The molecule has 1 saturated carbocycles. The van der Waals surface area contributed by atoms with E-state index < -0.39 is 5.91 Å². The molecule has 2 aliphatic carbocycles. The number of likely N-dealkylation sites (tertiary alicyclic amines) is 1. The van der Waals surface area contributed by atoms with Gasteiger partial charge in [-0.2, -0.15) is 5.10 Å². The fourth-order valence-corrected chi connectivity index (χ4v) is 5.08. The van der Waals surface area contributed by atoms with E-state index in [2.05, 4.69) is 10.4 Å². The summed E-state index contributed by atoms with van der Waals surface area (Å²) in [6.07, 6.45) is 6.58. The molecule has 1 aromatic carbocycles. The molecule has 2 heterocycles. The first-order chi connectivity index (χ1) is 14.9. The third-order valence-corrected chi connectivity index (χ3v) is 6.63. The molecule has 0 radical (unpaired) electrons. The summed E-state index contributed by atoms with van der Waals surface area (Å²) >= 11 is 0. The second kappa shape index (κ2) is 7.37. The van der Waals surface area contributed by atoms with Crippen LogP contribution in [0.2, 0.25) is 0 Å². The zero-order chi connectivity index (χ0) is 21.7. The Kier molecular flexibility index (Phi) is 4.64. The number of allylic oxidation sites excluding steroid dienone is 2. The lowest BCUT2D eigenvalue weighted by atomic mass is 9.85.